The standard InChI is InChI=1S/C13H14FNO3/c1-8-7-9(3-4-10(8)14)11(16)15-6-5-13(15,2)12(17)18/h3-4,7H,5-6H2,1-2H3,(H,17,18). The molecule has 1 aromatic rings. The Morgan fingerprint density at radius 3 is 2.56 bits per heavy atom. The van der Waals surface area contributed by atoms with Gasteiger partial charge in [-0.3, -0.25) is 4.79 Å². The van der Waals surface area contributed by atoms with Crippen LogP contribution < -0.4 is 0 Å². The van der Waals surface area contributed by atoms with Crippen molar-refractivity contribution >= 4 is 11.9 Å². The number of aliphatic carboxylic acids is 1. The van der Waals surface area contributed by atoms with E-state index in [1.54, 1.807) is 6.92 Å². The molecule has 5 heteroatoms. The van der Waals surface area contributed by atoms with E-state index >= 15 is 0 Å². The van der Waals surface area contributed by atoms with E-state index in [1.807, 2.05) is 0 Å². The number of benzene rings is 1. The Hall–Kier alpha value is -1.91. The Labute approximate surface area is 104 Å². The van der Waals surface area contributed by atoms with E-state index in [4.69, 9.17) is 5.11 Å². The van der Waals surface area contributed by atoms with Gasteiger partial charge in [0, 0.05) is 12.1 Å². The number of carboxylic acid groups (broad SMARTS) is 1. The van der Waals surface area contributed by atoms with Gasteiger partial charge in [0.2, 0.25) is 0 Å². The molecule has 1 fully saturated rings. The molecule has 1 N–H and O–H groups in total. The molecule has 4 nitrogen and oxygen atoms in total. The Morgan fingerprint density at radius 1 is 1.44 bits per heavy atom. The third-order valence-corrected chi connectivity index (χ3v) is 3.53. The number of halogens is 1. The summed E-state index contributed by atoms with van der Waals surface area (Å²) >= 11 is 0. The normalized spacial score (nSPS) is 22.5. The van der Waals surface area contributed by atoms with Gasteiger partial charge in [-0.1, -0.05) is 0 Å². The fourth-order valence-corrected chi connectivity index (χ4v) is 2.04. The molecular formula is C13H14FNO3. The lowest BCUT2D eigenvalue weighted by molar-refractivity contribution is -0.155. The SMILES string of the molecule is Cc1cc(C(=O)N2CCC2(C)C(=O)O)ccc1F. The van der Waals surface area contributed by atoms with Crippen LogP contribution in [0.3, 0.4) is 0 Å². The van der Waals surface area contributed by atoms with Crippen molar-refractivity contribution in [2.45, 2.75) is 25.8 Å². The second-order valence-electron chi connectivity index (χ2n) is 4.75. The van der Waals surface area contributed by atoms with Gasteiger partial charge < -0.3 is 10.0 Å². The molecule has 1 amide bonds. The first-order valence-corrected chi connectivity index (χ1v) is 5.68. The van der Waals surface area contributed by atoms with E-state index in [9.17, 15) is 14.0 Å². The van der Waals surface area contributed by atoms with Gasteiger partial charge in [0.15, 0.2) is 0 Å². The fourth-order valence-electron chi connectivity index (χ4n) is 2.04. The number of carboxylic acids is 1. The molecule has 18 heavy (non-hydrogen) atoms. The first-order valence-electron chi connectivity index (χ1n) is 5.68. The zero-order valence-electron chi connectivity index (χ0n) is 10.2. The first kappa shape index (κ1) is 12.5. The van der Waals surface area contributed by atoms with Crippen LogP contribution in [-0.4, -0.2) is 34.0 Å². The van der Waals surface area contributed by atoms with Crippen molar-refractivity contribution in [2.75, 3.05) is 6.54 Å². The quantitative estimate of drug-likeness (QED) is 0.872. The molecule has 0 spiro atoms. The number of hydrogen-bond acceptors (Lipinski definition) is 2. The molecule has 1 atom stereocenters. The minimum Gasteiger partial charge on any atom is -0.480 e. The largest absolute Gasteiger partial charge is 0.480 e. The van der Waals surface area contributed by atoms with E-state index < -0.39 is 11.5 Å². The minimum atomic E-state index is -1.14. The van der Waals surface area contributed by atoms with Crippen molar-refractivity contribution in [3.05, 3.63) is 35.1 Å². The van der Waals surface area contributed by atoms with Crippen molar-refractivity contribution in [1.29, 1.82) is 0 Å². The molecule has 2 rings (SSSR count). The van der Waals surface area contributed by atoms with Crippen LogP contribution in [0.15, 0.2) is 18.2 Å². The van der Waals surface area contributed by atoms with Crippen molar-refractivity contribution in [3.63, 3.8) is 0 Å². The Balaban J connectivity index is 2.27. The Morgan fingerprint density at radius 2 is 2.11 bits per heavy atom. The molecule has 0 saturated carbocycles. The molecule has 0 aliphatic carbocycles. The van der Waals surface area contributed by atoms with Crippen LogP contribution in [0, 0.1) is 12.7 Å². The summed E-state index contributed by atoms with van der Waals surface area (Å²) in [6, 6.07) is 4.05. The molecule has 1 unspecified atom stereocenters. The van der Waals surface area contributed by atoms with Gasteiger partial charge >= 0.3 is 5.97 Å². The molecule has 1 heterocycles. The number of carbonyl (C=O) groups is 2. The van der Waals surface area contributed by atoms with E-state index in [0.29, 0.717) is 24.1 Å². The number of hydrogen-bond donors (Lipinski definition) is 1. The van der Waals surface area contributed by atoms with Gasteiger partial charge in [0.05, 0.1) is 0 Å². The first-order chi connectivity index (χ1) is 8.36. The highest BCUT2D eigenvalue weighted by atomic mass is 19.1. The summed E-state index contributed by atoms with van der Waals surface area (Å²) in [6.07, 6.45) is 0.439. The second kappa shape index (κ2) is 4.08. The molecule has 1 aliphatic rings. The Kier molecular flexibility index (Phi) is 2.84. The van der Waals surface area contributed by atoms with Gasteiger partial charge in [-0.05, 0) is 44.0 Å². The fraction of sp³-hybridized carbons (Fsp3) is 0.385. The van der Waals surface area contributed by atoms with Crippen LogP contribution in [0.5, 0.6) is 0 Å². The number of rotatable bonds is 2. The van der Waals surface area contributed by atoms with Gasteiger partial charge in [-0.2, -0.15) is 0 Å². The van der Waals surface area contributed by atoms with Gasteiger partial charge in [0.1, 0.15) is 11.4 Å². The minimum absolute atomic E-state index is 0.320. The average molecular weight is 251 g/mol. The van der Waals surface area contributed by atoms with Gasteiger partial charge in [-0.15, -0.1) is 0 Å². The van der Waals surface area contributed by atoms with Crippen LogP contribution >= 0.6 is 0 Å². The van der Waals surface area contributed by atoms with Crippen LogP contribution in [0.1, 0.15) is 29.3 Å². The second-order valence-corrected chi connectivity index (χ2v) is 4.75. The number of nitrogens with zero attached hydrogens (tertiary/aromatic N) is 1. The topological polar surface area (TPSA) is 57.6 Å². The maximum atomic E-state index is 13.1. The molecule has 0 bridgehead atoms. The van der Waals surface area contributed by atoms with Gasteiger partial charge in [-0.25, -0.2) is 9.18 Å². The van der Waals surface area contributed by atoms with Crippen molar-refractivity contribution in [3.8, 4) is 0 Å². The number of amides is 1. The molecule has 1 aromatic carbocycles. The molecule has 1 saturated heterocycles. The Bertz CT molecular complexity index is 529. The van der Waals surface area contributed by atoms with Crippen molar-refractivity contribution in [1.82, 2.24) is 4.90 Å². The molecule has 96 valence electrons. The maximum absolute atomic E-state index is 13.1. The lowest BCUT2D eigenvalue weighted by atomic mass is 9.86. The third-order valence-electron chi connectivity index (χ3n) is 3.53. The molecular weight excluding hydrogens is 237 g/mol. The maximum Gasteiger partial charge on any atom is 0.329 e. The third kappa shape index (κ3) is 1.75. The number of likely N-dealkylation sites (tertiary alicyclic amines) is 1. The lowest BCUT2D eigenvalue weighted by Gasteiger charge is -2.47. The number of aryl methyl sites for hydroxylation is 1. The smallest absolute Gasteiger partial charge is 0.329 e. The highest BCUT2D eigenvalue weighted by Gasteiger charge is 2.49. The van der Waals surface area contributed by atoms with E-state index in [0.717, 1.165) is 0 Å². The van der Waals surface area contributed by atoms with Crippen molar-refractivity contribution < 1.29 is 19.1 Å². The van der Waals surface area contributed by atoms with Crippen LogP contribution in [0.25, 0.3) is 0 Å². The zero-order chi connectivity index (χ0) is 13.5. The molecule has 1 aliphatic heterocycles. The predicted octanol–water partition coefficient (Wildman–Crippen LogP) is 1.82. The van der Waals surface area contributed by atoms with Gasteiger partial charge in [0.25, 0.3) is 5.91 Å². The van der Waals surface area contributed by atoms with Crippen LogP contribution in [0.2, 0.25) is 0 Å². The summed E-state index contributed by atoms with van der Waals surface area (Å²) in [6.45, 7) is 3.50. The number of carbonyl (C=O) groups excluding carboxylic acids is 1. The van der Waals surface area contributed by atoms with E-state index in [1.165, 1.54) is 30.0 Å². The average Bonchev–Trinajstić information content (AvgIpc) is 2.29. The zero-order valence-corrected chi connectivity index (χ0v) is 10.2. The summed E-state index contributed by atoms with van der Waals surface area (Å²) in [7, 11) is 0. The summed E-state index contributed by atoms with van der Waals surface area (Å²) in [4.78, 5) is 24.6. The highest BCUT2D eigenvalue weighted by Crippen LogP contribution is 2.32. The van der Waals surface area contributed by atoms with Crippen LogP contribution in [-0.2, 0) is 4.79 Å². The highest BCUT2D eigenvalue weighted by molar-refractivity contribution is 5.99. The summed E-state index contributed by atoms with van der Waals surface area (Å²) in [5, 5.41) is 9.10. The van der Waals surface area contributed by atoms with E-state index in [2.05, 4.69) is 0 Å². The summed E-state index contributed by atoms with van der Waals surface area (Å²) < 4.78 is 13.1. The molecule has 0 radical (unpaired) electrons. The summed E-state index contributed by atoms with van der Waals surface area (Å²) in [5.41, 5.74) is -0.446. The van der Waals surface area contributed by atoms with E-state index in [-0.39, 0.29) is 11.7 Å². The summed E-state index contributed by atoms with van der Waals surface area (Å²) in [5.74, 6) is -1.76. The molecule has 0 aromatic heterocycles. The van der Waals surface area contributed by atoms with Crippen molar-refractivity contribution in [2.24, 2.45) is 0 Å². The lowest BCUT2D eigenvalue weighted by Crippen LogP contribution is -2.64. The monoisotopic (exact) mass is 251 g/mol. The van der Waals surface area contributed by atoms with Crippen LogP contribution in [0.4, 0.5) is 4.39 Å². The predicted molar refractivity (Wildman–Crippen MR) is 62.8 cm³/mol.